The fourth-order valence-corrected chi connectivity index (χ4v) is 3.86. The highest BCUT2D eigenvalue weighted by Crippen LogP contribution is 2.37. The average molecular weight is 300 g/mol. The normalized spacial score (nSPS) is 24.0. The molecule has 1 aliphatic heterocycles. The highest BCUT2D eigenvalue weighted by atomic mass is 16.2. The van der Waals surface area contributed by atoms with Crippen LogP contribution in [0.5, 0.6) is 0 Å². The zero-order valence-electron chi connectivity index (χ0n) is 13.2. The summed E-state index contributed by atoms with van der Waals surface area (Å²) in [5.41, 5.74) is 1.78. The molecular weight excluding hydrogens is 276 g/mol. The van der Waals surface area contributed by atoms with E-state index in [2.05, 4.69) is 10.2 Å². The number of likely N-dealkylation sites (tertiary alicyclic amines) is 1. The van der Waals surface area contributed by atoms with Crippen LogP contribution in [0.3, 0.4) is 0 Å². The van der Waals surface area contributed by atoms with Gasteiger partial charge in [-0.3, -0.25) is 9.59 Å². The lowest BCUT2D eigenvalue weighted by molar-refractivity contribution is -0.119. The van der Waals surface area contributed by atoms with E-state index in [0.717, 1.165) is 36.4 Å². The van der Waals surface area contributed by atoms with Gasteiger partial charge in [-0.15, -0.1) is 0 Å². The molecule has 0 radical (unpaired) electrons. The predicted octanol–water partition coefficient (Wildman–Crippen LogP) is 2.73. The van der Waals surface area contributed by atoms with Crippen LogP contribution in [-0.4, -0.2) is 29.3 Å². The molecular formula is C18H24N2O2. The van der Waals surface area contributed by atoms with Gasteiger partial charge in [-0.05, 0) is 49.3 Å². The third kappa shape index (κ3) is 3.16. The molecule has 1 saturated carbocycles. The zero-order valence-corrected chi connectivity index (χ0v) is 13.2. The minimum absolute atomic E-state index is 0.0410. The van der Waals surface area contributed by atoms with Gasteiger partial charge in [-0.1, -0.05) is 18.6 Å². The summed E-state index contributed by atoms with van der Waals surface area (Å²) in [6, 6.07) is 8.09. The standard InChI is InChI=1S/C18H24N2O2/c1-13(21)19-12-14-7-9-16(10-8-14)18(22)20-11-3-5-15-4-2-6-17(15)20/h7-10,15,17H,2-6,11-12H2,1H3,(H,19,21)/t15-,17+/m0/s1. The SMILES string of the molecule is CC(=O)NCc1ccc(C(=O)N2CCC[C@@H]3CCC[C@H]32)cc1. The van der Waals surface area contributed by atoms with E-state index in [-0.39, 0.29) is 11.8 Å². The predicted molar refractivity (Wildman–Crippen MR) is 85.4 cm³/mol. The summed E-state index contributed by atoms with van der Waals surface area (Å²) in [5.74, 6) is 0.847. The van der Waals surface area contributed by atoms with Crippen molar-refractivity contribution in [1.29, 1.82) is 0 Å². The second-order valence-electron chi connectivity index (χ2n) is 6.51. The topological polar surface area (TPSA) is 49.4 Å². The van der Waals surface area contributed by atoms with Crippen molar-refractivity contribution in [3.63, 3.8) is 0 Å². The Morgan fingerprint density at radius 3 is 2.59 bits per heavy atom. The Hall–Kier alpha value is -1.84. The minimum atomic E-state index is -0.0410. The molecule has 0 spiro atoms. The molecule has 0 unspecified atom stereocenters. The first-order valence-electron chi connectivity index (χ1n) is 8.29. The number of fused-ring (bicyclic) bond motifs is 1. The van der Waals surface area contributed by atoms with Crippen molar-refractivity contribution in [2.75, 3.05) is 6.54 Å². The maximum absolute atomic E-state index is 12.8. The second kappa shape index (κ2) is 6.51. The number of amides is 2. The van der Waals surface area contributed by atoms with Gasteiger partial charge >= 0.3 is 0 Å². The number of carbonyl (C=O) groups is 2. The van der Waals surface area contributed by atoms with Gasteiger partial charge in [0.05, 0.1) is 0 Å². The molecule has 2 aliphatic rings. The number of nitrogens with zero attached hydrogens (tertiary/aromatic N) is 1. The van der Waals surface area contributed by atoms with Gasteiger partial charge in [0, 0.05) is 31.6 Å². The van der Waals surface area contributed by atoms with Crippen LogP contribution >= 0.6 is 0 Å². The third-order valence-electron chi connectivity index (χ3n) is 5.00. The van der Waals surface area contributed by atoms with Crippen molar-refractivity contribution in [3.8, 4) is 0 Å². The molecule has 118 valence electrons. The molecule has 4 nitrogen and oxygen atoms in total. The Morgan fingerprint density at radius 2 is 1.86 bits per heavy atom. The lowest BCUT2D eigenvalue weighted by Crippen LogP contribution is -2.46. The van der Waals surface area contributed by atoms with E-state index in [1.165, 1.54) is 26.2 Å². The highest BCUT2D eigenvalue weighted by Gasteiger charge is 2.37. The first kappa shape index (κ1) is 15.1. The molecule has 1 aromatic rings. The molecule has 0 bridgehead atoms. The quantitative estimate of drug-likeness (QED) is 0.933. The van der Waals surface area contributed by atoms with Crippen molar-refractivity contribution >= 4 is 11.8 Å². The Morgan fingerprint density at radius 1 is 1.14 bits per heavy atom. The molecule has 1 N–H and O–H groups in total. The van der Waals surface area contributed by atoms with Gasteiger partial charge < -0.3 is 10.2 Å². The van der Waals surface area contributed by atoms with Crippen LogP contribution in [0.25, 0.3) is 0 Å². The van der Waals surface area contributed by atoms with E-state index in [4.69, 9.17) is 0 Å². The first-order valence-corrected chi connectivity index (χ1v) is 8.29. The van der Waals surface area contributed by atoms with Gasteiger partial charge in [0.1, 0.15) is 0 Å². The van der Waals surface area contributed by atoms with E-state index in [9.17, 15) is 9.59 Å². The number of nitrogens with one attached hydrogen (secondary N) is 1. The number of hydrogen-bond donors (Lipinski definition) is 1. The molecule has 2 fully saturated rings. The van der Waals surface area contributed by atoms with Gasteiger partial charge in [0.15, 0.2) is 0 Å². The fourth-order valence-electron chi connectivity index (χ4n) is 3.86. The maximum atomic E-state index is 12.8. The summed E-state index contributed by atoms with van der Waals surface area (Å²) >= 11 is 0. The summed E-state index contributed by atoms with van der Waals surface area (Å²) < 4.78 is 0. The van der Waals surface area contributed by atoms with E-state index in [1.54, 1.807) is 0 Å². The maximum Gasteiger partial charge on any atom is 0.254 e. The lowest BCUT2D eigenvalue weighted by atomic mass is 9.91. The van der Waals surface area contributed by atoms with Crippen LogP contribution in [0.15, 0.2) is 24.3 Å². The molecule has 1 saturated heterocycles. The van der Waals surface area contributed by atoms with Crippen molar-refractivity contribution in [3.05, 3.63) is 35.4 Å². The fraction of sp³-hybridized carbons (Fsp3) is 0.556. The monoisotopic (exact) mass is 300 g/mol. The van der Waals surface area contributed by atoms with E-state index in [1.807, 2.05) is 24.3 Å². The second-order valence-corrected chi connectivity index (χ2v) is 6.51. The minimum Gasteiger partial charge on any atom is -0.352 e. The van der Waals surface area contributed by atoms with Crippen molar-refractivity contribution in [2.24, 2.45) is 5.92 Å². The van der Waals surface area contributed by atoms with Crippen LogP contribution in [0, 0.1) is 5.92 Å². The van der Waals surface area contributed by atoms with Crippen molar-refractivity contribution in [1.82, 2.24) is 10.2 Å². The third-order valence-corrected chi connectivity index (χ3v) is 5.00. The number of rotatable bonds is 3. The molecule has 3 rings (SSSR count). The average Bonchev–Trinajstić information content (AvgIpc) is 3.01. The summed E-state index contributed by atoms with van der Waals surface area (Å²) in [4.78, 5) is 25.8. The van der Waals surface area contributed by atoms with Crippen molar-refractivity contribution in [2.45, 2.75) is 51.6 Å². The summed E-state index contributed by atoms with van der Waals surface area (Å²) in [7, 11) is 0. The molecule has 1 aliphatic carbocycles. The number of benzene rings is 1. The van der Waals surface area contributed by atoms with Crippen LogP contribution in [-0.2, 0) is 11.3 Å². The molecule has 1 heterocycles. The molecule has 2 atom stereocenters. The molecule has 22 heavy (non-hydrogen) atoms. The van der Waals surface area contributed by atoms with E-state index < -0.39 is 0 Å². The van der Waals surface area contributed by atoms with E-state index in [0.29, 0.717) is 12.6 Å². The smallest absolute Gasteiger partial charge is 0.254 e. The van der Waals surface area contributed by atoms with Crippen molar-refractivity contribution < 1.29 is 9.59 Å². The molecule has 4 heteroatoms. The van der Waals surface area contributed by atoms with Crippen LogP contribution < -0.4 is 5.32 Å². The molecule has 1 aromatic carbocycles. The zero-order chi connectivity index (χ0) is 15.5. The van der Waals surface area contributed by atoms with Crippen LogP contribution in [0.4, 0.5) is 0 Å². The van der Waals surface area contributed by atoms with Gasteiger partial charge in [-0.2, -0.15) is 0 Å². The number of hydrogen-bond acceptors (Lipinski definition) is 2. The largest absolute Gasteiger partial charge is 0.352 e. The van der Waals surface area contributed by atoms with E-state index >= 15 is 0 Å². The first-order chi connectivity index (χ1) is 10.6. The number of carbonyl (C=O) groups excluding carboxylic acids is 2. The highest BCUT2D eigenvalue weighted by molar-refractivity contribution is 5.94. The Labute approximate surface area is 131 Å². The summed E-state index contributed by atoms with van der Waals surface area (Å²) in [5, 5.41) is 2.77. The summed E-state index contributed by atoms with van der Waals surface area (Å²) in [6.45, 7) is 2.91. The van der Waals surface area contributed by atoms with Crippen LogP contribution in [0.2, 0.25) is 0 Å². The Balaban J connectivity index is 1.67. The van der Waals surface area contributed by atoms with Gasteiger partial charge in [0.2, 0.25) is 5.91 Å². The Bertz CT molecular complexity index is 553. The molecule has 0 aromatic heterocycles. The number of piperidine rings is 1. The lowest BCUT2D eigenvalue weighted by Gasteiger charge is -2.37. The van der Waals surface area contributed by atoms with Crippen LogP contribution in [0.1, 0.15) is 54.9 Å². The van der Waals surface area contributed by atoms with Gasteiger partial charge in [0.25, 0.3) is 5.91 Å². The Kier molecular flexibility index (Phi) is 4.46. The molecule has 2 amide bonds. The summed E-state index contributed by atoms with van der Waals surface area (Å²) in [6.07, 6.45) is 6.12. The van der Waals surface area contributed by atoms with Gasteiger partial charge in [-0.25, -0.2) is 0 Å².